The smallest absolute Gasteiger partial charge is 0.305 e. The van der Waals surface area contributed by atoms with Crippen molar-refractivity contribution in [2.45, 2.75) is 102 Å². The van der Waals surface area contributed by atoms with Crippen LogP contribution in [0.5, 0.6) is 0 Å². The van der Waals surface area contributed by atoms with Gasteiger partial charge < -0.3 is 20.7 Å². The number of carbonyl (C=O) groups excluding carboxylic acids is 1. The van der Waals surface area contributed by atoms with Crippen molar-refractivity contribution in [1.29, 1.82) is 0 Å². The molecule has 0 rings (SSSR count). The highest BCUT2D eigenvalue weighted by molar-refractivity contribution is 5.69. The lowest BCUT2D eigenvalue weighted by molar-refractivity contribution is -0.146. The zero-order chi connectivity index (χ0) is 20.2. The van der Waals surface area contributed by atoms with E-state index in [1.54, 1.807) is 0 Å². The molecule has 27 heavy (non-hydrogen) atoms. The summed E-state index contributed by atoms with van der Waals surface area (Å²) in [5.41, 5.74) is 4.41. The molecule has 4 N–H and O–H groups in total. The Hall–Kier alpha value is -0.910. The Balaban J connectivity index is 3.37. The van der Waals surface area contributed by atoms with E-state index in [1.807, 2.05) is 0 Å². The van der Waals surface area contributed by atoms with Crippen LogP contribution in [0, 0.1) is 0 Å². The van der Waals surface area contributed by atoms with Gasteiger partial charge in [-0.15, -0.1) is 0 Å². The fourth-order valence-corrected chi connectivity index (χ4v) is 2.78. The third-order valence-electron chi connectivity index (χ3n) is 4.79. The second-order valence-electron chi connectivity index (χ2n) is 7.67. The van der Waals surface area contributed by atoms with Gasteiger partial charge in [-0.05, 0) is 32.1 Å². The summed E-state index contributed by atoms with van der Waals surface area (Å²) in [6.07, 6.45) is 20.9. The van der Waals surface area contributed by atoms with Crippen molar-refractivity contribution in [3.8, 4) is 0 Å². The van der Waals surface area contributed by atoms with Crippen molar-refractivity contribution < 1.29 is 19.7 Å². The summed E-state index contributed by atoms with van der Waals surface area (Å²) < 4.78 is 5.02. The number of ether oxygens (including phenoxy) is 1. The highest BCUT2D eigenvalue weighted by Crippen LogP contribution is 2.10. The third kappa shape index (κ3) is 17.0. The van der Waals surface area contributed by atoms with Gasteiger partial charge in [0.05, 0.1) is 18.8 Å². The molecule has 0 saturated heterocycles. The minimum Gasteiger partial charge on any atom is -0.464 e. The lowest BCUT2D eigenvalue weighted by atomic mass is 10.1. The molecule has 0 atom stereocenters. The number of aliphatic hydroxyl groups is 2. The SMILES string of the molecule is CCCCCCCC/C=C\CCCCCCCC(=O)OCC(N)(CO)CO. The normalized spacial score (nSPS) is 12.0. The molecule has 5 heteroatoms. The van der Waals surface area contributed by atoms with Crippen LogP contribution in [0.25, 0.3) is 0 Å². The topological polar surface area (TPSA) is 92.8 Å². The van der Waals surface area contributed by atoms with E-state index in [0.717, 1.165) is 25.7 Å². The number of allylic oxidation sites excluding steroid dienone is 2. The van der Waals surface area contributed by atoms with Crippen LogP contribution in [0.1, 0.15) is 96.8 Å². The van der Waals surface area contributed by atoms with E-state index < -0.39 is 18.8 Å². The molecular formula is C22H43NO4. The van der Waals surface area contributed by atoms with E-state index in [9.17, 15) is 4.79 Å². The van der Waals surface area contributed by atoms with Gasteiger partial charge >= 0.3 is 5.97 Å². The maximum Gasteiger partial charge on any atom is 0.305 e. The highest BCUT2D eigenvalue weighted by atomic mass is 16.5. The van der Waals surface area contributed by atoms with Gasteiger partial charge in [0.1, 0.15) is 6.61 Å². The van der Waals surface area contributed by atoms with Gasteiger partial charge in [-0.3, -0.25) is 4.79 Å². The lowest BCUT2D eigenvalue weighted by Gasteiger charge is -2.23. The van der Waals surface area contributed by atoms with Crippen molar-refractivity contribution in [1.82, 2.24) is 0 Å². The molecule has 0 bridgehead atoms. The van der Waals surface area contributed by atoms with Crippen molar-refractivity contribution in [3.05, 3.63) is 12.2 Å². The molecule has 0 aromatic carbocycles. The Labute approximate surface area is 166 Å². The first-order chi connectivity index (χ1) is 13.1. The van der Waals surface area contributed by atoms with E-state index in [-0.39, 0.29) is 12.6 Å². The van der Waals surface area contributed by atoms with E-state index in [2.05, 4.69) is 19.1 Å². The molecule has 0 fully saturated rings. The largest absolute Gasteiger partial charge is 0.464 e. The molecule has 0 aliphatic heterocycles. The van der Waals surface area contributed by atoms with Crippen LogP contribution in [-0.2, 0) is 9.53 Å². The van der Waals surface area contributed by atoms with Gasteiger partial charge in [-0.1, -0.05) is 70.4 Å². The summed E-state index contributed by atoms with van der Waals surface area (Å²) in [6.45, 7) is 1.28. The van der Waals surface area contributed by atoms with Crippen molar-refractivity contribution in [2.24, 2.45) is 5.73 Å². The van der Waals surface area contributed by atoms with Gasteiger partial charge in [0.15, 0.2) is 0 Å². The summed E-state index contributed by atoms with van der Waals surface area (Å²) in [5.74, 6) is -0.315. The fraction of sp³-hybridized carbons (Fsp3) is 0.864. The van der Waals surface area contributed by atoms with E-state index >= 15 is 0 Å². The number of hydrogen-bond acceptors (Lipinski definition) is 5. The Morgan fingerprint density at radius 2 is 1.33 bits per heavy atom. The first-order valence-corrected chi connectivity index (χ1v) is 10.9. The number of nitrogens with two attached hydrogens (primary N) is 1. The van der Waals surface area contributed by atoms with E-state index in [1.165, 1.54) is 57.8 Å². The van der Waals surface area contributed by atoms with E-state index in [4.69, 9.17) is 20.7 Å². The summed E-state index contributed by atoms with van der Waals surface area (Å²) in [5, 5.41) is 18.1. The van der Waals surface area contributed by atoms with Gasteiger partial charge in [0.25, 0.3) is 0 Å². The Kier molecular flexibility index (Phi) is 17.8. The fourth-order valence-electron chi connectivity index (χ4n) is 2.78. The number of hydrogen-bond donors (Lipinski definition) is 3. The summed E-state index contributed by atoms with van der Waals surface area (Å²) in [4.78, 5) is 11.6. The second kappa shape index (κ2) is 18.5. The first kappa shape index (κ1) is 26.1. The molecule has 0 aliphatic rings. The van der Waals surface area contributed by atoms with Gasteiger partial charge in [-0.2, -0.15) is 0 Å². The second-order valence-corrected chi connectivity index (χ2v) is 7.67. The number of esters is 1. The number of carbonyl (C=O) groups is 1. The maximum absolute atomic E-state index is 11.6. The first-order valence-electron chi connectivity index (χ1n) is 10.9. The third-order valence-corrected chi connectivity index (χ3v) is 4.79. The Morgan fingerprint density at radius 1 is 0.852 bits per heavy atom. The minimum atomic E-state index is -1.24. The molecule has 0 radical (unpaired) electrons. The van der Waals surface area contributed by atoms with Crippen LogP contribution in [-0.4, -0.2) is 41.5 Å². The highest BCUT2D eigenvalue weighted by Gasteiger charge is 2.25. The predicted molar refractivity (Wildman–Crippen MR) is 112 cm³/mol. The molecule has 0 heterocycles. The number of aliphatic hydroxyl groups excluding tert-OH is 2. The monoisotopic (exact) mass is 385 g/mol. The lowest BCUT2D eigenvalue weighted by Crippen LogP contribution is -2.51. The predicted octanol–water partition coefficient (Wildman–Crippen LogP) is 4.25. The summed E-state index contributed by atoms with van der Waals surface area (Å²) >= 11 is 0. The molecule has 0 spiro atoms. The van der Waals surface area contributed by atoms with Crippen LogP contribution >= 0.6 is 0 Å². The molecule has 0 unspecified atom stereocenters. The molecule has 0 amide bonds. The summed E-state index contributed by atoms with van der Waals surface area (Å²) in [6, 6.07) is 0. The maximum atomic E-state index is 11.6. The summed E-state index contributed by atoms with van der Waals surface area (Å²) in [7, 11) is 0. The molecule has 0 aromatic rings. The molecular weight excluding hydrogens is 342 g/mol. The standard InChI is InChI=1S/C22H43NO4/c1-2-3-4-5-6-7-8-9-10-11-12-13-14-15-16-17-21(26)27-20-22(23,18-24)19-25/h9-10,24-25H,2-8,11-20,23H2,1H3/b10-9-. The van der Waals surface area contributed by atoms with Crippen molar-refractivity contribution >= 4 is 5.97 Å². The Bertz CT molecular complexity index is 367. The van der Waals surface area contributed by atoms with Crippen molar-refractivity contribution in [3.63, 3.8) is 0 Å². The number of unbranched alkanes of at least 4 members (excludes halogenated alkanes) is 11. The quantitative estimate of drug-likeness (QED) is 0.176. The zero-order valence-electron chi connectivity index (χ0n) is 17.5. The number of rotatable bonds is 19. The van der Waals surface area contributed by atoms with Crippen LogP contribution in [0.2, 0.25) is 0 Å². The molecule has 0 aromatic heterocycles. The average Bonchev–Trinajstić information content (AvgIpc) is 2.69. The average molecular weight is 386 g/mol. The zero-order valence-corrected chi connectivity index (χ0v) is 17.5. The van der Waals surface area contributed by atoms with Gasteiger partial charge in [-0.25, -0.2) is 0 Å². The van der Waals surface area contributed by atoms with Gasteiger partial charge in [0, 0.05) is 6.42 Å². The van der Waals surface area contributed by atoms with Crippen LogP contribution < -0.4 is 5.73 Å². The van der Waals surface area contributed by atoms with Crippen LogP contribution in [0.4, 0.5) is 0 Å². The molecule has 5 nitrogen and oxygen atoms in total. The molecule has 160 valence electrons. The van der Waals surface area contributed by atoms with Crippen molar-refractivity contribution in [2.75, 3.05) is 19.8 Å². The minimum absolute atomic E-state index is 0.149. The molecule has 0 saturated carbocycles. The molecule has 0 aliphatic carbocycles. The van der Waals surface area contributed by atoms with Crippen LogP contribution in [0.3, 0.4) is 0 Å². The van der Waals surface area contributed by atoms with Crippen LogP contribution in [0.15, 0.2) is 12.2 Å². The van der Waals surface area contributed by atoms with Gasteiger partial charge in [0.2, 0.25) is 0 Å². The Morgan fingerprint density at radius 3 is 1.85 bits per heavy atom. The van der Waals surface area contributed by atoms with E-state index in [0.29, 0.717) is 6.42 Å².